The lowest BCUT2D eigenvalue weighted by atomic mass is 9.98. The zero-order chi connectivity index (χ0) is 24.9. The van der Waals surface area contributed by atoms with Crippen LogP contribution in [0, 0.1) is 0 Å². The van der Waals surface area contributed by atoms with Crippen LogP contribution in [0.15, 0.2) is 48.5 Å². The summed E-state index contributed by atoms with van der Waals surface area (Å²) in [5.41, 5.74) is 4.37. The highest BCUT2D eigenvalue weighted by molar-refractivity contribution is 5.89. The summed E-state index contributed by atoms with van der Waals surface area (Å²) < 4.78 is 11.5. The zero-order valence-corrected chi connectivity index (χ0v) is 20.1. The molecular weight excluding hydrogens is 448 g/mol. The molecule has 8 nitrogen and oxygen atoms in total. The quantitative estimate of drug-likeness (QED) is 0.596. The van der Waals surface area contributed by atoms with Crippen LogP contribution < -0.4 is 5.32 Å². The minimum absolute atomic E-state index is 0.0845. The fraction of sp³-hybridized carbons (Fsp3) is 0.444. The van der Waals surface area contributed by atoms with Gasteiger partial charge in [-0.1, -0.05) is 62.4 Å². The number of amides is 2. The van der Waals surface area contributed by atoms with Crippen LogP contribution in [-0.2, 0) is 19.1 Å². The van der Waals surface area contributed by atoms with Gasteiger partial charge in [-0.15, -0.1) is 0 Å². The maximum Gasteiger partial charge on any atom is 0.407 e. The Morgan fingerprint density at radius 3 is 2.06 bits per heavy atom. The fourth-order valence-electron chi connectivity index (χ4n) is 4.93. The number of benzene rings is 2. The van der Waals surface area contributed by atoms with Gasteiger partial charge in [0.1, 0.15) is 12.6 Å². The first-order chi connectivity index (χ1) is 16.9. The Balaban J connectivity index is 1.43. The highest BCUT2D eigenvalue weighted by Gasteiger charge is 2.35. The van der Waals surface area contributed by atoms with Crippen molar-refractivity contribution in [3.05, 3.63) is 59.7 Å². The van der Waals surface area contributed by atoms with Crippen LogP contribution in [0.4, 0.5) is 4.79 Å². The summed E-state index contributed by atoms with van der Waals surface area (Å²) in [6.07, 6.45) is -0.0737. The SMILES string of the molecule is CCC1CN(C(=O)C(CC(=O)O)NC(=O)OCC2c3ccccc3-c3ccccc32)CC(CC)O1. The first kappa shape index (κ1) is 24.7. The van der Waals surface area contributed by atoms with Gasteiger partial charge in [0.15, 0.2) is 0 Å². The molecule has 3 unspecified atom stereocenters. The molecule has 1 aliphatic carbocycles. The van der Waals surface area contributed by atoms with Crippen molar-refractivity contribution in [1.29, 1.82) is 0 Å². The van der Waals surface area contributed by atoms with Crippen LogP contribution in [0.25, 0.3) is 11.1 Å². The number of aliphatic carboxylic acids is 1. The van der Waals surface area contributed by atoms with Crippen LogP contribution >= 0.6 is 0 Å². The lowest BCUT2D eigenvalue weighted by Gasteiger charge is -2.39. The lowest BCUT2D eigenvalue weighted by molar-refractivity contribution is -0.151. The van der Waals surface area contributed by atoms with Gasteiger partial charge in [0, 0.05) is 19.0 Å². The highest BCUT2D eigenvalue weighted by Crippen LogP contribution is 2.44. The molecule has 4 rings (SSSR count). The molecule has 0 bridgehead atoms. The van der Waals surface area contributed by atoms with Gasteiger partial charge >= 0.3 is 12.1 Å². The van der Waals surface area contributed by atoms with Crippen LogP contribution in [0.5, 0.6) is 0 Å². The predicted octanol–water partition coefficient (Wildman–Crippen LogP) is 3.78. The third-order valence-electron chi connectivity index (χ3n) is 6.77. The summed E-state index contributed by atoms with van der Waals surface area (Å²) in [6, 6.07) is 14.8. The number of morpholine rings is 1. The molecule has 3 atom stereocenters. The summed E-state index contributed by atoms with van der Waals surface area (Å²) in [6.45, 7) is 4.79. The summed E-state index contributed by atoms with van der Waals surface area (Å²) in [5.74, 6) is -1.73. The largest absolute Gasteiger partial charge is 0.481 e. The van der Waals surface area contributed by atoms with E-state index in [2.05, 4.69) is 5.32 Å². The number of nitrogens with one attached hydrogen (secondary N) is 1. The molecule has 1 aliphatic heterocycles. The first-order valence-electron chi connectivity index (χ1n) is 12.2. The first-order valence-corrected chi connectivity index (χ1v) is 12.2. The molecule has 8 heteroatoms. The van der Waals surface area contributed by atoms with E-state index < -0.39 is 30.4 Å². The number of carboxylic acids is 1. The Morgan fingerprint density at radius 2 is 1.54 bits per heavy atom. The van der Waals surface area contributed by atoms with Crippen molar-refractivity contribution >= 4 is 18.0 Å². The molecule has 2 aliphatic rings. The standard InChI is InChI=1S/C27H32N2O6/c1-3-17-14-29(15-18(4-2)35-17)26(32)24(13-25(30)31)28-27(33)34-16-23-21-11-7-5-9-19(21)20-10-6-8-12-22(20)23/h5-12,17-18,23-24H,3-4,13-16H2,1-2H3,(H,28,33)(H,30,31). The number of nitrogens with zero attached hydrogens (tertiary/aromatic N) is 1. The number of carboxylic acid groups (broad SMARTS) is 1. The van der Waals surface area contributed by atoms with Gasteiger partial charge in [-0.2, -0.15) is 0 Å². The number of hydrogen-bond donors (Lipinski definition) is 2. The minimum Gasteiger partial charge on any atom is -0.481 e. The predicted molar refractivity (Wildman–Crippen MR) is 130 cm³/mol. The van der Waals surface area contributed by atoms with Gasteiger partial charge in [0.2, 0.25) is 5.91 Å². The van der Waals surface area contributed by atoms with Crippen LogP contribution in [0.1, 0.15) is 50.2 Å². The smallest absolute Gasteiger partial charge is 0.407 e. The molecule has 2 amide bonds. The molecule has 35 heavy (non-hydrogen) atoms. The molecule has 1 saturated heterocycles. The van der Waals surface area contributed by atoms with Crippen molar-refractivity contribution < 1.29 is 29.0 Å². The van der Waals surface area contributed by atoms with Crippen LogP contribution in [0.2, 0.25) is 0 Å². The molecule has 0 aromatic heterocycles. The second-order valence-corrected chi connectivity index (χ2v) is 9.06. The Bertz CT molecular complexity index is 1030. The summed E-state index contributed by atoms with van der Waals surface area (Å²) >= 11 is 0. The Hall–Kier alpha value is -3.39. The second kappa shape index (κ2) is 10.9. The van der Waals surface area contributed by atoms with Crippen molar-refractivity contribution in [2.45, 2.75) is 57.3 Å². The molecule has 186 valence electrons. The second-order valence-electron chi connectivity index (χ2n) is 9.06. The summed E-state index contributed by atoms with van der Waals surface area (Å²) in [5, 5.41) is 11.9. The molecule has 0 saturated carbocycles. The maximum absolute atomic E-state index is 13.2. The number of carbonyl (C=O) groups excluding carboxylic acids is 2. The zero-order valence-electron chi connectivity index (χ0n) is 20.1. The van der Waals surface area contributed by atoms with Crippen molar-refractivity contribution in [2.24, 2.45) is 0 Å². The number of hydrogen-bond acceptors (Lipinski definition) is 5. The average molecular weight is 481 g/mol. The van der Waals surface area contributed by atoms with Gasteiger partial charge < -0.3 is 24.8 Å². The Kier molecular flexibility index (Phi) is 7.70. The molecule has 0 radical (unpaired) electrons. The minimum atomic E-state index is -1.21. The monoisotopic (exact) mass is 480 g/mol. The number of alkyl carbamates (subject to hydrolysis) is 1. The van der Waals surface area contributed by atoms with Crippen LogP contribution in [-0.4, -0.2) is 65.9 Å². The molecular formula is C27H32N2O6. The third kappa shape index (κ3) is 5.48. The van der Waals surface area contributed by atoms with Crippen molar-refractivity contribution in [2.75, 3.05) is 19.7 Å². The molecule has 1 heterocycles. The van der Waals surface area contributed by atoms with E-state index in [0.29, 0.717) is 13.1 Å². The topological polar surface area (TPSA) is 105 Å². The number of carbonyl (C=O) groups is 3. The van der Waals surface area contributed by atoms with Crippen LogP contribution in [0.3, 0.4) is 0 Å². The van der Waals surface area contributed by atoms with E-state index in [9.17, 15) is 19.5 Å². The van der Waals surface area contributed by atoms with E-state index in [-0.39, 0.29) is 24.7 Å². The molecule has 0 spiro atoms. The molecule has 2 aromatic rings. The molecule has 2 N–H and O–H groups in total. The summed E-state index contributed by atoms with van der Waals surface area (Å²) in [7, 11) is 0. The van der Waals surface area contributed by atoms with Crippen molar-refractivity contribution in [1.82, 2.24) is 10.2 Å². The number of ether oxygens (including phenoxy) is 2. The van der Waals surface area contributed by atoms with Gasteiger partial charge in [-0.25, -0.2) is 4.79 Å². The van der Waals surface area contributed by atoms with E-state index in [0.717, 1.165) is 35.1 Å². The fourth-order valence-corrected chi connectivity index (χ4v) is 4.93. The normalized spacial score (nSPS) is 20.0. The van der Waals surface area contributed by atoms with E-state index >= 15 is 0 Å². The van der Waals surface area contributed by atoms with E-state index in [1.165, 1.54) is 0 Å². The molecule has 2 aromatic carbocycles. The third-order valence-corrected chi connectivity index (χ3v) is 6.77. The lowest BCUT2D eigenvalue weighted by Crippen LogP contribution is -2.56. The van der Waals surface area contributed by atoms with E-state index in [4.69, 9.17) is 9.47 Å². The van der Waals surface area contributed by atoms with Crippen molar-refractivity contribution in [3.8, 4) is 11.1 Å². The highest BCUT2D eigenvalue weighted by atomic mass is 16.5. The Labute approximate surface area is 205 Å². The van der Waals surface area contributed by atoms with Gasteiger partial charge in [0.25, 0.3) is 0 Å². The van der Waals surface area contributed by atoms with Crippen molar-refractivity contribution in [3.63, 3.8) is 0 Å². The van der Waals surface area contributed by atoms with Gasteiger partial charge in [0.05, 0.1) is 18.6 Å². The van der Waals surface area contributed by atoms with Gasteiger partial charge in [-0.3, -0.25) is 9.59 Å². The summed E-state index contributed by atoms with van der Waals surface area (Å²) in [4.78, 5) is 39.0. The molecule has 1 fully saturated rings. The van der Waals surface area contributed by atoms with Gasteiger partial charge in [-0.05, 0) is 35.1 Å². The number of rotatable bonds is 8. The van der Waals surface area contributed by atoms with E-state index in [1.807, 2.05) is 62.4 Å². The average Bonchev–Trinajstić information content (AvgIpc) is 3.19. The Morgan fingerprint density at radius 1 is 1.00 bits per heavy atom. The number of fused-ring (bicyclic) bond motifs is 3. The van der Waals surface area contributed by atoms with E-state index in [1.54, 1.807) is 4.90 Å². The maximum atomic E-state index is 13.2.